The summed E-state index contributed by atoms with van der Waals surface area (Å²) in [6, 6.07) is 19.1. The van der Waals surface area contributed by atoms with E-state index in [2.05, 4.69) is 53.4 Å². The highest BCUT2D eigenvalue weighted by atomic mass is 16.5. The van der Waals surface area contributed by atoms with Crippen LogP contribution in [0, 0.1) is 0 Å². The number of ether oxygens (including phenoxy) is 1. The van der Waals surface area contributed by atoms with Crippen LogP contribution in [-0.4, -0.2) is 24.0 Å². The largest absolute Gasteiger partial charge is 0.464 e. The third-order valence-electron chi connectivity index (χ3n) is 4.80. The number of cyclic esters (lactones) is 1. The lowest BCUT2D eigenvalue weighted by atomic mass is 9.89. The Bertz CT molecular complexity index is 683. The second-order valence-corrected chi connectivity index (χ2v) is 6.02. The monoisotopic (exact) mass is 293 g/mol. The summed E-state index contributed by atoms with van der Waals surface area (Å²) in [5.41, 5.74) is 3.88. The van der Waals surface area contributed by atoms with Gasteiger partial charge in [0, 0.05) is 12.6 Å². The van der Waals surface area contributed by atoms with Gasteiger partial charge in [-0.15, -0.1) is 0 Å². The molecule has 2 aromatic rings. The van der Waals surface area contributed by atoms with Gasteiger partial charge in [-0.2, -0.15) is 0 Å². The van der Waals surface area contributed by atoms with Gasteiger partial charge < -0.3 is 4.74 Å². The third kappa shape index (κ3) is 2.32. The van der Waals surface area contributed by atoms with Gasteiger partial charge in [-0.05, 0) is 23.1 Å². The molecule has 0 spiro atoms. The number of nitrogens with zero attached hydrogens (tertiary/aromatic N) is 1. The van der Waals surface area contributed by atoms with Crippen LogP contribution >= 0.6 is 0 Å². The van der Waals surface area contributed by atoms with Crippen molar-refractivity contribution < 1.29 is 9.53 Å². The number of esters is 1. The number of carbonyl (C=O) groups excluding carboxylic acids is 1. The van der Waals surface area contributed by atoms with Crippen molar-refractivity contribution in [2.45, 2.75) is 24.9 Å². The summed E-state index contributed by atoms with van der Waals surface area (Å²) >= 11 is 0. The van der Waals surface area contributed by atoms with Gasteiger partial charge in [-0.3, -0.25) is 9.69 Å². The maximum absolute atomic E-state index is 12.1. The van der Waals surface area contributed by atoms with E-state index in [9.17, 15) is 4.79 Å². The van der Waals surface area contributed by atoms with Gasteiger partial charge in [-0.1, -0.05) is 54.6 Å². The van der Waals surface area contributed by atoms with Crippen molar-refractivity contribution in [2.24, 2.45) is 0 Å². The molecule has 4 rings (SSSR count). The molecule has 2 aliphatic heterocycles. The molecule has 2 heterocycles. The molecule has 2 aliphatic rings. The summed E-state index contributed by atoms with van der Waals surface area (Å²) in [6.07, 6.45) is 1.48. The van der Waals surface area contributed by atoms with Crippen LogP contribution in [0.2, 0.25) is 0 Å². The summed E-state index contributed by atoms with van der Waals surface area (Å²) in [5.74, 6) is -0.0925. The van der Waals surface area contributed by atoms with Crippen LogP contribution in [0.15, 0.2) is 54.6 Å². The number of fused-ring (bicyclic) bond motifs is 3. The predicted molar refractivity (Wildman–Crippen MR) is 84.4 cm³/mol. The minimum atomic E-state index is -0.0925. The minimum absolute atomic E-state index is 0.0925. The van der Waals surface area contributed by atoms with Crippen LogP contribution in [0.25, 0.3) is 0 Å². The quantitative estimate of drug-likeness (QED) is 0.756. The van der Waals surface area contributed by atoms with Gasteiger partial charge in [-0.25, -0.2) is 0 Å². The van der Waals surface area contributed by atoms with Gasteiger partial charge in [0.25, 0.3) is 0 Å². The smallest absolute Gasteiger partial charge is 0.307 e. The van der Waals surface area contributed by atoms with Crippen LogP contribution in [-0.2, 0) is 16.0 Å². The Labute approximate surface area is 130 Å². The normalized spacial score (nSPS) is 24.8. The van der Waals surface area contributed by atoms with Crippen molar-refractivity contribution in [1.29, 1.82) is 0 Å². The number of rotatable bonds is 1. The molecule has 0 radical (unpaired) electrons. The van der Waals surface area contributed by atoms with E-state index in [0.29, 0.717) is 13.0 Å². The summed E-state index contributed by atoms with van der Waals surface area (Å²) < 4.78 is 5.50. The van der Waals surface area contributed by atoms with Gasteiger partial charge in [0.05, 0.1) is 12.5 Å². The molecule has 112 valence electrons. The highest BCUT2D eigenvalue weighted by Crippen LogP contribution is 2.40. The fraction of sp³-hybridized carbons (Fsp3) is 0.316. The Morgan fingerprint density at radius 3 is 2.59 bits per heavy atom. The summed E-state index contributed by atoms with van der Waals surface area (Å²) in [7, 11) is 0. The van der Waals surface area contributed by atoms with Crippen molar-refractivity contribution in [3.8, 4) is 0 Å². The Balaban J connectivity index is 1.76. The maximum Gasteiger partial charge on any atom is 0.307 e. The number of benzene rings is 2. The van der Waals surface area contributed by atoms with E-state index in [0.717, 1.165) is 13.0 Å². The fourth-order valence-corrected chi connectivity index (χ4v) is 3.72. The third-order valence-corrected chi connectivity index (χ3v) is 4.80. The molecule has 22 heavy (non-hydrogen) atoms. The maximum atomic E-state index is 12.1. The molecule has 1 saturated heterocycles. The van der Waals surface area contributed by atoms with Crippen LogP contribution in [0.5, 0.6) is 0 Å². The van der Waals surface area contributed by atoms with Crippen molar-refractivity contribution in [2.75, 3.05) is 13.2 Å². The van der Waals surface area contributed by atoms with E-state index < -0.39 is 0 Å². The average Bonchev–Trinajstić information content (AvgIpc) is 2.74. The first-order chi connectivity index (χ1) is 10.8. The van der Waals surface area contributed by atoms with Crippen molar-refractivity contribution >= 4 is 5.97 Å². The summed E-state index contributed by atoms with van der Waals surface area (Å²) in [4.78, 5) is 14.5. The first kappa shape index (κ1) is 13.5. The van der Waals surface area contributed by atoms with Gasteiger partial charge in [0.2, 0.25) is 0 Å². The molecule has 1 fully saturated rings. The van der Waals surface area contributed by atoms with Gasteiger partial charge in [0.15, 0.2) is 0 Å². The first-order valence-corrected chi connectivity index (χ1v) is 7.87. The average molecular weight is 293 g/mol. The van der Waals surface area contributed by atoms with E-state index in [1.54, 1.807) is 0 Å². The molecular weight excluding hydrogens is 274 g/mol. The van der Waals surface area contributed by atoms with Crippen molar-refractivity contribution in [3.63, 3.8) is 0 Å². The lowest BCUT2D eigenvalue weighted by Crippen LogP contribution is -2.38. The number of hydrogen-bond acceptors (Lipinski definition) is 3. The zero-order valence-corrected chi connectivity index (χ0v) is 12.4. The molecule has 3 nitrogen and oxygen atoms in total. The summed E-state index contributed by atoms with van der Waals surface area (Å²) in [6.45, 7) is 1.42. The van der Waals surface area contributed by atoms with Crippen LogP contribution in [0.3, 0.4) is 0 Å². The number of hydrogen-bond donors (Lipinski definition) is 0. The standard InChI is InChI=1S/C19H19NO2/c21-19-12-17-16-9-5-4-6-14(16)10-11-20(17)18(13-22-19)15-7-2-1-3-8-15/h1-9,17-18H,10-13H2/t17-,18-/m0/s1. The van der Waals surface area contributed by atoms with Crippen LogP contribution in [0.4, 0.5) is 0 Å². The van der Waals surface area contributed by atoms with Crippen LogP contribution in [0.1, 0.15) is 35.2 Å². The van der Waals surface area contributed by atoms with E-state index in [4.69, 9.17) is 4.74 Å². The predicted octanol–water partition coefficient (Wildman–Crippen LogP) is 3.27. The second-order valence-electron chi connectivity index (χ2n) is 6.02. The van der Waals surface area contributed by atoms with Crippen LogP contribution < -0.4 is 0 Å². The molecule has 0 aliphatic carbocycles. The molecule has 3 heteroatoms. The topological polar surface area (TPSA) is 29.5 Å². The van der Waals surface area contributed by atoms with Gasteiger partial charge in [0.1, 0.15) is 6.61 Å². The van der Waals surface area contributed by atoms with E-state index in [1.807, 2.05) is 6.07 Å². The molecule has 0 aromatic heterocycles. The number of carbonyl (C=O) groups is 1. The van der Waals surface area contributed by atoms with E-state index in [-0.39, 0.29) is 18.1 Å². The van der Waals surface area contributed by atoms with E-state index in [1.165, 1.54) is 16.7 Å². The highest BCUT2D eigenvalue weighted by molar-refractivity contribution is 5.71. The Kier molecular flexibility index (Phi) is 3.43. The first-order valence-electron chi connectivity index (χ1n) is 7.87. The fourth-order valence-electron chi connectivity index (χ4n) is 3.72. The van der Waals surface area contributed by atoms with Crippen molar-refractivity contribution in [1.82, 2.24) is 4.90 Å². The molecule has 0 N–H and O–H groups in total. The summed E-state index contributed by atoms with van der Waals surface area (Å²) in [5, 5.41) is 0. The molecule has 0 saturated carbocycles. The Morgan fingerprint density at radius 1 is 0.955 bits per heavy atom. The Morgan fingerprint density at radius 2 is 1.73 bits per heavy atom. The molecule has 2 atom stereocenters. The Hall–Kier alpha value is -2.13. The second kappa shape index (κ2) is 5.58. The molecule has 0 bridgehead atoms. The lowest BCUT2D eigenvalue weighted by molar-refractivity contribution is -0.143. The molecule has 0 unspecified atom stereocenters. The highest BCUT2D eigenvalue weighted by Gasteiger charge is 2.37. The van der Waals surface area contributed by atoms with E-state index >= 15 is 0 Å². The molecule has 0 amide bonds. The minimum Gasteiger partial charge on any atom is -0.464 e. The molecular formula is C19H19NO2. The van der Waals surface area contributed by atoms with Gasteiger partial charge >= 0.3 is 5.97 Å². The zero-order chi connectivity index (χ0) is 14.9. The van der Waals surface area contributed by atoms with Crippen molar-refractivity contribution in [3.05, 3.63) is 71.3 Å². The SMILES string of the molecule is O=C1C[C@H]2c3ccccc3CCN2[C@H](c2ccccc2)CO1. The zero-order valence-electron chi connectivity index (χ0n) is 12.4. The molecule has 2 aromatic carbocycles. The lowest BCUT2D eigenvalue weighted by Gasteiger charge is -2.39.